The normalized spacial score (nSPS) is 14.5. The summed E-state index contributed by atoms with van der Waals surface area (Å²) in [5, 5.41) is 0. The number of benzene rings is 2. The van der Waals surface area contributed by atoms with Crippen LogP contribution in [0.3, 0.4) is 0 Å². The van der Waals surface area contributed by atoms with Crippen molar-refractivity contribution >= 4 is 29.4 Å². The fourth-order valence-corrected chi connectivity index (χ4v) is 5.52. The van der Waals surface area contributed by atoms with Crippen molar-refractivity contribution in [2.24, 2.45) is 4.99 Å². The van der Waals surface area contributed by atoms with E-state index in [1.165, 1.54) is 23.0 Å². The van der Waals surface area contributed by atoms with Gasteiger partial charge in [0.1, 0.15) is 11.5 Å². The van der Waals surface area contributed by atoms with Gasteiger partial charge in [0.05, 0.1) is 56.4 Å². The van der Waals surface area contributed by atoms with Gasteiger partial charge in [-0.2, -0.15) is 0 Å². The molecule has 0 aliphatic carbocycles. The molecule has 11 nitrogen and oxygen atoms in total. The lowest BCUT2D eigenvalue weighted by atomic mass is 9.95. The molecule has 0 fully saturated rings. The number of fused-ring (bicyclic) bond motifs is 1. The van der Waals surface area contributed by atoms with Crippen molar-refractivity contribution in [3.8, 4) is 23.0 Å². The number of nitrogens with zero attached hydrogens (tertiary/aromatic N) is 2. The lowest BCUT2D eigenvalue weighted by molar-refractivity contribution is -0.143. The van der Waals surface area contributed by atoms with E-state index in [1.807, 2.05) is 0 Å². The number of allylic oxidation sites excluding steroid dienone is 1. The zero-order valence-electron chi connectivity index (χ0n) is 24.2. The maximum Gasteiger partial charge on any atom is 0.343 e. The van der Waals surface area contributed by atoms with E-state index in [9.17, 15) is 14.4 Å². The maximum absolute atomic E-state index is 14.0. The summed E-state index contributed by atoms with van der Waals surface area (Å²) in [6, 6.07) is 9.43. The largest absolute Gasteiger partial charge is 0.497 e. The van der Waals surface area contributed by atoms with Gasteiger partial charge in [-0.15, -0.1) is 0 Å². The third-order valence-corrected chi connectivity index (χ3v) is 7.38. The molecule has 0 saturated carbocycles. The van der Waals surface area contributed by atoms with Gasteiger partial charge in [-0.25, -0.2) is 14.6 Å². The second kappa shape index (κ2) is 13.4. The van der Waals surface area contributed by atoms with Crippen LogP contribution in [-0.4, -0.2) is 57.7 Å². The smallest absolute Gasteiger partial charge is 0.343 e. The topological polar surface area (TPSA) is 124 Å². The molecule has 2 heterocycles. The van der Waals surface area contributed by atoms with Crippen LogP contribution in [-0.2, 0) is 19.1 Å². The number of thiazole rings is 1. The molecule has 0 saturated heterocycles. The highest BCUT2D eigenvalue weighted by molar-refractivity contribution is 7.07. The van der Waals surface area contributed by atoms with Crippen LogP contribution in [0.2, 0.25) is 0 Å². The van der Waals surface area contributed by atoms with Gasteiger partial charge in [0.2, 0.25) is 0 Å². The molecule has 1 aliphatic rings. The summed E-state index contributed by atoms with van der Waals surface area (Å²) in [7, 11) is 4.37. The van der Waals surface area contributed by atoms with Crippen molar-refractivity contribution in [2.75, 3.05) is 41.2 Å². The number of methoxy groups -OCH3 is 3. The van der Waals surface area contributed by atoms with Crippen LogP contribution in [0.15, 0.2) is 57.5 Å². The molecule has 0 unspecified atom stereocenters. The quantitative estimate of drug-likeness (QED) is 0.308. The van der Waals surface area contributed by atoms with Gasteiger partial charge in [0.15, 0.2) is 22.9 Å². The van der Waals surface area contributed by atoms with Crippen LogP contribution in [0.4, 0.5) is 0 Å². The van der Waals surface area contributed by atoms with Crippen molar-refractivity contribution in [1.82, 2.24) is 4.57 Å². The Kier molecular flexibility index (Phi) is 9.68. The highest BCUT2D eigenvalue weighted by atomic mass is 32.1. The van der Waals surface area contributed by atoms with Crippen molar-refractivity contribution in [3.05, 3.63) is 78.5 Å². The summed E-state index contributed by atoms with van der Waals surface area (Å²) in [6.07, 6.45) is 1.71. The Morgan fingerprint density at radius 2 is 1.74 bits per heavy atom. The van der Waals surface area contributed by atoms with Gasteiger partial charge in [-0.05, 0) is 62.7 Å². The molecule has 0 spiro atoms. The van der Waals surface area contributed by atoms with Crippen molar-refractivity contribution in [3.63, 3.8) is 0 Å². The van der Waals surface area contributed by atoms with E-state index in [0.717, 1.165) is 0 Å². The molecule has 0 amide bonds. The van der Waals surface area contributed by atoms with E-state index in [1.54, 1.807) is 77.5 Å². The summed E-state index contributed by atoms with van der Waals surface area (Å²) >= 11 is 1.19. The van der Waals surface area contributed by atoms with E-state index >= 15 is 0 Å². The highest BCUT2D eigenvalue weighted by Crippen LogP contribution is 2.36. The zero-order chi connectivity index (χ0) is 30.4. The molecule has 1 atom stereocenters. The maximum atomic E-state index is 14.0. The third kappa shape index (κ3) is 6.18. The number of esters is 2. The lowest BCUT2D eigenvalue weighted by Gasteiger charge is -2.25. The Morgan fingerprint density at radius 3 is 2.40 bits per heavy atom. The van der Waals surface area contributed by atoms with Crippen LogP contribution in [0.5, 0.6) is 23.0 Å². The van der Waals surface area contributed by atoms with Crippen LogP contribution < -0.4 is 33.8 Å². The number of ether oxygens (including phenoxy) is 6. The monoisotopic (exact) mass is 596 g/mol. The van der Waals surface area contributed by atoms with Gasteiger partial charge in [0, 0.05) is 5.56 Å². The summed E-state index contributed by atoms with van der Waals surface area (Å²) in [6.45, 7) is 5.36. The summed E-state index contributed by atoms with van der Waals surface area (Å²) in [5.41, 5.74) is 1.50. The highest BCUT2D eigenvalue weighted by Gasteiger charge is 2.34. The molecular formula is C30H32N2O9S. The number of rotatable bonds is 11. The first-order chi connectivity index (χ1) is 20.3. The Morgan fingerprint density at radius 1 is 0.976 bits per heavy atom. The predicted molar refractivity (Wildman–Crippen MR) is 155 cm³/mol. The lowest BCUT2D eigenvalue weighted by Crippen LogP contribution is -2.40. The first-order valence-corrected chi connectivity index (χ1v) is 14.0. The van der Waals surface area contributed by atoms with Gasteiger partial charge in [0.25, 0.3) is 5.56 Å². The average molecular weight is 597 g/mol. The minimum atomic E-state index is -0.872. The fourth-order valence-electron chi connectivity index (χ4n) is 4.48. The van der Waals surface area contributed by atoms with E-state index in [0.29, 0.717) is 55.8 Å². The summed E-state index contributed by atoms with van der Waals surface area (Å²) < 4.78 is 34.2. The predicted octanol–water partition coefficient (Wildman–Crippen LogP) is 2.77. The molecule has 0 radical (unpaired) electrons. The summed E-state index contributed by atoms with van der Waals surface area (Å²) in [4.78, 5) is 43.9. The van der Waals surface area contributed by atoms with E-state index in [2.05, 4.69) is 9.73 Å². The zero-order valence-corrected chi connectivity index (χ0v) is 25.0. The van der Waals surface area contributed by atoms with Crippen LogP contribution in [0.1, 0.15) is 37.9 Å². The van der Waals surface area contributed by atoms with Crippen molar-refractivity contribution in [1.29, 1.82) is 0 Å². The number of carbonyl (C=O) groups is 2. The van der Waals surface area contributed by atoms with E-state index < -0.39 is 18.0 Å². The molecule has 1 aromatic heterocycles. The minimum absolute atomic E-state index is 0.146. The second-order valence-electron chi connectivity index (χ2n) is 8.91. The van der Waals surface area contributed by atoms with Gasteiger partial charge >= 0.3 is 11.9 Å². The van der Waals surface area contributed by atoms with Gasteiger partial charge < -0.3 is 28.4 Å². The third-order valence-electron chi connectivity index (χ3n) is 6.40. The fraction of sp³-hybridized carbons (Fsp3) is 0.333. The van der Waals surface area contributed by atoms with Crippen LogP contribution >= 0.6 is 11.3 Å². The Labute approximate surface area is 246 Å². The molecule has 3 aromatic rings. The van der Waals surface area contributed by atoms with Gasteiger partial charge in [-0.3, -0.25) is 9.36 Å². The number of hydrogen-bond donors (Lipinski definition) is 0. The first kappa shape index (κ1) is 30.4. The molecule has 12 heteroatoms. The molecule has 0 N–H and O–H groups in total. The molecule has 4 rings (SSSR count). The average Bonchev–Trinajstić information content (AvgIpc) is 3.29. The Balaban J connectivity index is 1.92. The van der Waals surface area contributed by atoms with Crippen LogP contribution in [0.25, 0.3) is 6.08 Å². The number of hydrogen-bond acceptors (Lipinski definition) is 11. The number of aromatic nitrogens is 1. The van der Waals surface area contributed by atoms with Crippen molar-refractivity contribution < 1.29 is 38.0 Å². The number of carbonyl (C=O) groups excluding carboxylic acids is 2. The molecule has 1 aliphatic heterocycles. The van der Waals surface area contributed by atoms with Crippen LogP contribution in [0, 0.1) is 0 Å². The molecule has 222 valence electrons. The van der Waals surface area contributed by atoms with Gasteiger partial charge in [-0.1, -0.05) is 17.4 Å². The second-order valence-corrected chi connectivity index (χ2v) is 9.92. The molecule has 0 bridgehead atoms. The molecular weight excluding hydrogens is 564 g/mol. The standard InChI is InChI=1S/C30H32N2O9S/c1-7-39-23-14-18(9-11-22(23)41-16-25(33)38-6)27-26(29(35)40-8-2)17(3)31-30-32(27)28(34)24(42-30)15-19-13-20(36-4)10-12-21(19)37-5/h9-15,27H,7-8,16H2,1-6H3/b24-15+/t27-/m1/s1. The Bertz CT molecular complexity index is 1700. The van der Waals surface area contributed by atoms with Crippen molar-refractivity contribution in [2.45, 2.75) is 26.8 Å². The van der Waals surface area contributed by atoms with E-state index in [4.69, 9.17) is 23.7 Å². The SMILES string of the molecule is CCOC(=O)C1=C(C)N=c2s/c(=C/c3cc(OC)ccc3OC)c(=O)n2[C@@H]1c1ccc(OCC(=O)OC)c(OCC)c1. The minimum Gasteiger partial charge on any atom is -0.497 e. The molecule has 42 heavy (non-hydrogen) atoms. The summed E-state index contributed by atoms with van der Waals surface area (Å²) in [5.74, 6) is 0.666. The molecule has 2 aromatic carbocycles. The Hall–Kier alpha value is -4.58. The first-order valence-electron chi connectivity index (χ1n) is 13.1. The van der Waals surface area contributed by atoms with E-state index in [-0.39, 0.29) is 24.3 Å².